The lowest BCUT2D eigenvalue weighted by molar-refractivity contribution is -0.125. The molecule has 1 heterocycles. The number of rotatable bonds is 4. The summed E-state index contributed by atoms with van der Waals surface area (Å²) in [7, 11) is 0. The second-order valence-electron chi connectivity index (χ2n) is 4.77. The van der Waals surface area contributed by atoms with Gasteiger partial charge in [0.05, 0.1) is 6.54 Å². The Balaban J connectivity index is 1.97. The van der Waals surface area contributed by atoms with E-state index in [4.69, 9.17) is 5.73 Å². The highest BCUT2D eigenvalue weighted by atomic mass is 19.2. The van der Waals surface area contributed by atoms with Crippen molar-refractivity contribution in [1.82, 2.24) is 10.2 Å². The molecule has 0 bridgehead atoms. The monoisotopic (exact) mass is 298 g/mol. The van der Waals surface area contributed by atoms with Gasteiger partial charge in [-0.1, -0.05) is 0 Å². The SMILES string of the molecule is NC(=O)C1CNCCN1CC(=O)Nc1ccc(F)c(F)c1. The molecule has 0 aromatic heterocycles. The van der Waals surface area contributed by atoms with E-state index in [0.717, 1.165) is 12.1 Å². The van der Waals surface area contributed by atoms with Crippen LogP contribution in [0, 0.1) is 11.6 Å². The predicted molar refractivity (Wildman–Crippen MR) is 72.4 cm³/mol. The molecule has 2 rings (SSSR count). The van der Waals surface area contributed by atoms with Crippen LogP contribution in [-0.4, -0.2) is 48.9 Å². The second kappa shape index (κ2) is 6.59. The Bertz CT molecular complexity index is 553. The molecule has 1 saturated heterocycles. The third kappa shape index (κ3) is 3.96. The first-order chi connectivity index (χ1) is 9.97. The highest BCUT2D eigenvalue weighted by Crippen LogP contribution is 2.13. The second-order valence-corrected chi connectivity index (χ2v) is 4.77. The maximum atomic E-state index is 13.0. The zero-order valence-electron chi connectivity index (χ0n) is 11.2. The number of hydrogen-bond donors (Lipinski definition) is 3. The largest absolute Gasteiger partial charge is 0.368 e. The predicted octanol–water partition coefficient (Wildman–Crippen LogP) is -0.338. The molecular weight excluding hydrogens is 282 g/mol. The first-order valence-corrected chi connectivity index (χ1v) is 6.46. The molecule has 0 saturated carbocycles. The van der Waals surface area contributed by atoms with Gasteiger partial charge >= 0.3 is 0 Å². The van der Waals surface area contributed by atoms with Gasteiger partial charge in [0.15, 0.2) is 11.6 Å². The van der Waals surface area contributed by atoms with Crippen LogP contribution in [0.25, 0.3) is 0 Å². The average molecular weight is 298 g/mol. The van der Waals surface area contributed by atoms with Crippen LogP contribution >= 0.6 is 0 Å². The van der Waals surface area contributed by atoms with Crippen molar-refractivity contribution >= 4 is 17.5 Å². The van der Waals surface area contributed by atoms with Gasteiger partial charge in [0, 0.05) is 31.4 Å². The number of piperazine rings is 1. The van der Waals surface area contributed by atoms with Crippen molar-refractivity contribution in [1.29, 1.82) is 0 Å². The van der Waals surface area contributed by atoms with Crippen LogP contribution in [0.15, 0.2) is 18.2 Å². The molecule has 1 aromatic rings. The minimum Gasteiger partial charge on any atom is -0.368 e. The molecule has 1 aliphatic rings. The average Bonchev–Trinajstić information content (AvgIpc) is 2.43. The number of primary amides is 1. The van der Waals surface area contributed by atoms with Crippen LogP contribution in [0.2, 0.25) is 0 Å². The highest BCUT2D eigenvalue weighted by Gasteiger charge is 2.28. The van der Waals surface area contributed by atoms with E-state index < -0.39 is 29.5 Å². The van der Waals surface area contributed by atoms with Crippen LogP contribution in [0.4, 0.5) is 14.5 Å². The quantitative estimate of drug-likeness (QED) is 0.710. The molecule has 0 aliphatic carbocycles. The molecule has 8 heteroatoms. The molecule has 1 aromatic carbocycles. The molecule has 6 nitrogen and oxygen atoms in total. The summed E-state index contributed by atoms with van der Waals surface area (Å²) in [5.74, 6) is -2.95. The minimum absolute atomic E-state index is 0.0473. The Labute approximate surface area is 120 Å². The Kier molecular flexibility index (Phi) is 4.81. The lowest BCUT2D eigenvalue weighted by Crippen LogP contribution is -2.58. The van der Waals surface area contributed by atoms with Gasteiger partial charge in [0.2, 0.25) is 11.8 Å². The summed E-state index contributed by atoms with van der Waals surface area (Å²) in [5.41, 5.74) is 5.44. The van der Waals surface area contributed by atoms with Crippen molar-refractivity contribution in [2.75, 3.05) is 31.5 Å². The van der Waals surface area contributed by atoms with E-state index in [1.165, 1.54) is 6.07 Å². The van der Waals surface area contributed by atoms with Gasteiger partial charge in [-0.2, -0.15) is 0 Å². The van der Waals surface area contributed by atoms with Crippen molar-refractivity contribution in [3.8, 4) is 0 Å². The fourth-order valence-corrected chi connectivity index (χ4v) is 2.18. The molecule has 0 spiro atoms. The molecule has 21 heavy (non-hydrogen) atoms. The van der Waals surface area contributed by atoms with Crippen molar-refractivity contribution in [2.24, 2.45) is 5.73 Å². The molecule has 0 radical (unpaired) electrons. The zero-order chi connectivity index (χ0) is 15.4. The molecule has 114 valence electrons. The normalized spacial score (nSPS) is 19.2. The van der Waals surface area contributed by atoms with Crippen LogP contribution < -0.4 is 16.4 Å². The van der Waals surface area contributed by atoms with E-state index in [2.05, 4.69) is 10.6 Å². The topological polar surface area (TPSA) is 87.5 Å². The van der Waals surface area contributed by atoms with Gasteiger partial charge in [-0.15, -0.1) is 0 Å². The Morgan fingerprint density at radius 3 is 2.81 bits per heavy atom. The van der Waals surface area contributed by atoms with Crippen LogP contribution in [0.3, 0.4) is 0 Å². The van der Waals surface area contributed by atoms with Crippen LogP contribution in [0.1, 0.15) is 0 Å². The minimum atomic E-state index is -1.04. The molecule has 1 unspecified atom stereocenters. The summed E-state index contributed by atoms with van der Waals surface area (Å²) < 4.78 is 25.8. The number of amides is 2. The van der Waals surface area contributed by atoms with Crippen molar-refractivity contribution in [3.63, 3.8) is 0 Å². The van der Waals surface area contributed by atoms with Crippen molar-refractivity contribution < 1.29 is 18.4 Å². The smallest absolute Gasteiger partial charge is 0.238 e. The van der Waals surface area contributed by atoms with Gasteiger partial charge in [-0.25, -0.2) is 8.78 Å². The number of hydrogen-bond acceptors (Lipinski definition) is 4. The zero-order valence-corrected chi connectivity index (χ0v) is 11.2. The number of halogens is 2. The molecular formula is C13H16F2N4O2. The standard InChI is InChI=1S/C13H16F2N4O2/c14-9-2-1-8(5-10(9)15)18-12(20)7-19-4-3-17-6-11(19)13(16)21/h1-2,5,11,17H,3-4,6-7H2,(H2,16,21)(H,18,20). The molecule has 1 atom stereocenters. The molecule has 1 aliphatic heterocycles. The summed E-state index contributed by atoms with van der Waals surface area (Å²) in [6, 6.07) is 2.53. The van der Waals surface area contributed by atoms with E-state index in [1.54, 1.807) is 4.90 Å². The number of carbonyl (C=O) groups is 2. The van der Waals surface area contributed by atoms with Gasteiger partial charge < -0.3 is 16.4 Å². The number of nitrogens with two attached hydrogens (primary N) is 1. The van der Waals surface area contributed by atoms with Gasteiger partial charge in [-0.3, -0.25) is 14.5 Å². The van der Waals surface area contributed by atoms with E-state index in [0.29, 0.717) is 19.6 Å². The Hall–Kier alpha value is -2.06. The van der Waals surface area contributed by atoms with Crippen molar-refractivity contribution in [2.45, 2.75) is 6.04 Å². The number of anilines is 1. The van der Waals surface area contributed by atoms with E-state index in [-0.39, 0.29) is 12.2 Å². The maximum Gasteiger partial charge on any atom is 0.238 e. The summed E-state index contributed by atoms with van der Waals surface area (Å²) >= 11 is 0. The maximum absolute atomic E-state index is 13.0. The summed E-state index contributed by atoms with van der Waals surface area (Å²) in [6.07, 6.45) is 0. The number of benzene rings is 1. The van der Waals surface area contributed by atoms with Crippen molar-refractivity contribution in [3.05, 3.63) is 29.8 Å². The van der Waals surface area contributed by atoms with Gasteiger partial charge in [0.1, 0.15) is 6.04 Å². The summed E-state index contributed by atoms with van der Waals surface area (Å²) in [4.78, 5) is 24.9. The van der Waals surface area contributed by atoms with E-state index in [9.17, 15) is 18.4 Å². The third-order valence-electron chi connectivity index (χ3n) is 3.23. The van der Waals surface area contributed by atoms with Gasteiger partial charge in [-0.05, 0) is 12.1 Å². The summed E-state index contributed by atoms with van der Waals surface area (Å²) in [6.45, 7) is 1.48. The Morgan fingerprint density at radius 1 is 1.38 bits per heavy atom. The van der Waals surface area contributed by atoms with Gasteiger partial charge in [0.25, 0.3) is 0 Å². The van der Waals surface area contributed by atoms with Crippen LogP contribution in [0.5, 0.6) is 0 Å². The summed E-state index contributed by atoms with van der Waals surface area (Å²) in [5, 5.41) is 5.47. The number of carbonyl (C=O) groups excluding carboxylic acids is 2. The third-order valence-corrected chi connectivity index (χ3v) is 3.23. The number of nitrogens with zero attached hydrogens (tertiary/aromatic N) is 1. The first-order valence-electron chi connectivity index (χ1n) is 6.46. The number of nitrogens with one attached hydrogen (secondary N) is 2. The fourth-order valence-electron chi connectivity index (χ4n) is 2.18. The Morgan fingerprint density at radius 2 is 2.14 bits per heavy atom. The lowest BCUT2D eigenvalue weighted by Gasteiger charge is -2.33. The fraction of sp³-hybridized carbons (Fsp3) is 0.385. The van der Waals surface area contributed by atoms with E-state index >= 15 is 0 Å². The highest BCUT2D eigenvalue weighted by molar-refractivity contribution is 5.92. The van der Waals surface area contributed by atoms with Crippen LogP contribution in [-0.2, 0) is 9.59 Å². The molecule has 4 N–H and O–H groups in total. The first kappa shape index (κ1) is 15.3. The lowest BCUT2D eigenvalue weighted by atomic mass is 10.2. The van der Waals surface area contributed by atoms with E-state index in [1.807, 2.05) is 0 Å². The molecule has 2 amide bonds. The molecule has 1 fully saturated rings.